The third-order valence-electron chi connectivity index (χ3n) is 11.3. The molecule has 2 aromatic rings. The first kappa shape index (κ1) is 63.8. The molecule has 0 radical (unpaired) electrons. The van der Waals surface area contributed by atoms with E-state index in [2.05, 4.69) is 66.2 Å². The minimum absolute atomic E-state index is 0. The maximum atomic E-state index is 12.5. The Morgan fingerprint density at radius 3 is 1.14 bits per heavy atom. The van der Waals surface area contributed by atoms with Crippen molar-refractivity contribution in [1.29, 1.82) is 0 Å². The van der Waals surface area contributed by atoms with Gasteiger partial charge < -0.3 is 36.7 Å². The van der Waals surface area contributed by atoms with Gasteiger partial charge in [0.15, 0.2) is 33.3 Å². The summed E-state index contributed by atoms with van der Waals surface area (Å²) >= 11 is 0. The highest BCUT2D eigenvalue weighted by molar-refractivity contribution is 6.85. The Hall–Kier alpha value is -2.31. The molecule has 0 aliphatic heterocycles. The molecule has 64 heavy (non-hydrogen) atoms. The van der Waals surface area contributed by atoms with Gasteiger partial charge in [-0.05, 0) is 138 Å². The lowest BCUT2D eigenvalue weighted by molar-refractivity contribution is 0.0518. The summed E-state index contributed by atoms with van der Waals surface area (Å²) in [7, 11) is -6.68. The minimum Gasteiger partial charge on any atom is -0.455 e. The van der Waals surface area contributed by atoms with Gasteiger partial charge in [0, 0.05) is 20.1 Å². The van der Waals surface area contributed by atoms with Gasteiger partial charge in [-0.15, -0.1) is 0 Å². The maximum absolute atomic E-state index is 12.5. The summed E-state index contributed by atoms with van der Waals surface area (Å²) in [6.07, 6.45) is 10.7. The van der Waals surface area contributed by atoms with Crippen LogP contribution in [0.1, 0.15) is 127 Å². The molecule has 1 aliphatic carbocycles. The van der Waals surface area contributed by atoms with Crippen LogP contribution in [0.2, 0.25) is 76.6 Å². The lowest BCUT2D eigenvalue weighted by atomic mass is 9.65. The number of carbonyl (C=O) groups is 2. The van der Waals surface area contributed by atoms with Crippen LogP contribution in [-0.2, 0) is 32.6 Å². The molecule has 0 aromatic heterocycles. The Kier molecular flexibility index (Phi) is 31.5. The number of benzene rings is 2. The molecule has 0 bridgehead atoms. The van der Waals surface area contributed by atoms with E-state index in [0.29, 0.717) is 37.9 Å². The molecule has 0 spiro atoms. The normalized spacial score (nSPS) is 13.8. The van der Waals surface area contributed by atoms with Crippen molar-refractivity contribution < 1.29 is 47.7 Å². The van der Waals surface area contributed by atoms with Gasteiger partial charge >= 0.3 is 12.3 Å². The maximum Gasteiger partial charge on any atom is 0.513 e. The molecule has 14 heteroatoms. The molecular formula is C50H98O10Si4. The molecule has 374 valence electrons. The predicted molar refractivity (Wildman–Crippen MR) is 282 cm³/mol. The summed E-state index contributed by atoms with van der Waals surface area (Å²) in [5.41, 5.74) is 2.12. The molecule has 0 atom stereocenters. The second kappa shape index (κ2) is 31.6. The van der Waals surface area contributed by atoms with Gasteiger partial charge in [0.05, 0.1) is 13.2 Å². The number of ether oxygens (including phenoxy) is 6. The van der Waals surface area contributed by atoms with Crippen LogP contribution >= 0.6 is 0 Å². The predicted octanol–water partition coefficient (Wildman–Crippen LogP) is 16.0. The van der Waals surface area contributed by atoms with E-state index >= 15 is 0 Å². The first-order valence-corrected chi connectivity index (χ1v) is 35.3. The molecule has 10 nitrogen and oxygen atoms in total. The van der Waals surface area contributed by atoms with E-state index < -0.39 is 45.6 Å². The fourth-order valence-electron chi connectivity index (χ4n) is 8.51. The lowest BCUT2D eigenvalue weighted by Gasteiger charge is -2.38. The Balaban J connectivity index is -0.00000769. The zero-order valence-corrected chi connectivity index (χ0v) is 43.1. The molecule has 1 saturated carbocycles. The van der Waals surface area contributed by atoms with E-state index in [0.717, 1.165) is 61.7 Å². The first-order valence-electron chi connectivity index (χ1n) is 22.9. The van der Waals surface area contributed by atoms with Crippen LogP contribution in [0, 0.1) is 0 Å². The standard InChI is InChI=1S/C46H80O10Si4.4CH4.H2/c1-11-13-36-57(3,4)55-59(7,8)38-18-30-49-32-34-51-44(47)53-42-24-20-40(21-25-42)46(28-16-15-17-29-46)41-22-26-43(27-23-41)54-45(48)52-35-33-50-31-19-39-60(9,10)56-58(5,6)37-14-12-2;;;;;/h20-27H,11-19,28-39H2,1-10H3;4*1H4;1H. The number of unbranched alkanes of at least 4 members (excludes halogenated alkanes) is 2. The van der Waals surface area contributed by atoms with Crippen molar-refractivity contribution in [3.8, 4) is 11.5 Å². The molecule has 0 heterocycles. The van der Waals surface area contributed by atoms with Crippen LogP contribution in [0.4, 0.5) is 9.59 Å². The Bertz CT molecular complexity index is 1430. The summed E-state index contributed by atoms with van der Waals surface area (Å²) in [6.45, 7) is 25.2. The van der Waals surface area contributed by atoms with Gasteiger partial charge in [-0.2, -0.15) is 0 Å². The number of hydrogen-bond acceptors (Lipinski definition) is 10. The van der Waals surface area contributed by atoms with Crippen LogP contribution in [0.3, 0.4) is 0 Å². The highest BCUT2D eigenvalue weighted by atomic mass is 28.4. The van der Waals surface area contributed by atoms with Crippen LogP contribution < -0.4 is 9.47 Å². The molecule has 0 amide bonds. The SMILES string of the molecule is C.C.C.C.CCCC[Si](C)(C)O[Si](C)(C)CCCOCCOC(=O)Oc1ccc(C2(c3ccc(OC(=O)OCCOCCC[Si](C)(C)O[Si](C)(C)CCCC)cc3)CCCCC2)cc1.[HH]. The van der Waals surface area contributed by atoms with Crippen LogP contribution in [0.25, 0.3) is 0 Å². The smallest absolute Gasteiger partial charge is 0.455 e. The van der Waals surface area contributed by atoms with E-state index in [4.69, 9.17) is 36.7 Å². The fraction of sp³-hybridized carbons (Fsp3) is 0.720. The molecular weight excluding hydrogens is 873 g/mol. The lowest BCUT2D eigenvalue weighted by Crippen LogP contribution is -2.44. The van der Waals surface area contributed by atoms with E-state index in [1.807, 2.05) is 48.5 Å². The van der Waals surface area contributed by atoms with Crippen LogP contribution in [0.5, 0.6) is 11.5 Å². The molecule has 1 fully saturated rings. The van der Waals surface area contributed by atoms with Gasteiger partial charge in [-0.3, -0.25) is 0 Å². The topological polar surface area (TPSA) is 108 Å². The molecule has 0 saturated heterocycles. The highest BCUT2D eigenvalue weighted by Gasteiger charge is 2.36. The van der Waals surface area contributed by atoms with Crippen molar-refractivity contribution in [3.63, 3.8) is 0 Å². The number of carbonyl (C=O) groups excluding carboxylic acids is 2. The second-order valence-corrected chi connectivity index (χ2v) is 36.7. The Morgan fingerprint density at radius 2 is 0.812 bits per heavy atom. The average Bonchev–Trinajstić information content (AvgIpc) is 3.18. The minimum atomic E-state index is -1.73. The average molecular weight is 972 g/mol. The summed E-state index contributed by atoms with van der Waals surface area (Å²) < 4.78 is 46.4. The third kappa shape index (κ3) is 24.5. The monoisotopic (exact) mass is 971 g/mol. The van der Waals surface area contributed by atoms with Crippen molar-refractivity contribution in [2.45, 2.75) is 196 Å². The summed E-state index contributed by atoms with van der Waals surface area (Å²) in [4.78, 5) is 24.9. The molecule has 3 rings (SSSR count). The van der Waals surface area contributed by atoms with E-state index in [-0.39, 0.29) is 49.8 Å². The zero-order chi connectivity index (χ0) is 44.1. The summed E-state index contributed by atoms with van der Waals surface area (Å²) in [5.74, 6) is 0.861. The van der Waals surface area contributed by atoms with Crippen LogP contribution in [0.15, 0.2) is 48.5 Å². The molecule has 2 aromatic carbocycles. The Morgan fingerprint density at radius 1 is 0.484 bits per heavy atom. The zero-order valence-electron chi connectivity index (χ0n) is 39.1. The van der Waals surface area contributed by atoms with Crippen molar-refractivity contribution in [2.75, 3.05) is 39.6 Å². The molecule has 0 unspecified atom stereocenters. The van der Waals surface area contributed by atoms with Gasteiger partial charge in [-0.25, -0.2) is 9.59 Å². The van der Waals surface area contributed by atoms with Gasteiger partial charge in [0.1, 0.15) is 24.7 Å². The Labute approximate surface area is 398 Å². The van der Waals surface area contributed by atoms with E-state index in [1.165, 1.54) is 44.2 Å². The van der Waals surface area contributed by atoms with Gasteiger partial charge in [0.25, 0.3) is 0 Å². The van der Waals surface area contributed by atoms with Crippen molar-refractivity contribution in [2.24, 2.45) is 0 Å². The van der Waals surface area contributed by atoms with E-state index in [1.54, 1.807) is 0 Å². The number of rotatable bonds is 28. The van der Waals surface area contributed by atoms with Crippen molar-refractivity contribution in [3.05, 3.63) is 59.7 Å². The van der Waals surface area contributed by atoms with Gasteiger partial charge in [0.2, 0.25) is 0 Å². The quantitative estimate of drug-likeness (QED) is 0.0354. The summed E-state index contributed by atoms with van der Waals surface area (Å²) in [5, 5.41) is 0. The van der Waals surface area contributed by atoms with E-state index in [9.17, 15) is 9.59 Å². The summed E-state index contributed by atoms with van der Waals surface area (Å²) in [6, 6.07) is 20.0. The fourth-order valence-corrected chi connectivity index (χ4v) is 26.5. The van der Waals surface area contributed by atoms with Gasteiger partial charge in [-0.1, -0.05) is 113 Å². The van der Waals surface area contributed by atoms with Crippen LogP contribution in [-0.4, -0.2) is 85.2 Å². The first-order chi connectivity index (χ1) is 28.4. The molecule has 1 aliphatic rings. The van der Waals surface area contributed by atoms with Crippen molar-refractivity contribution in [1.82, 2.24) is 0 Å². The second-order valence-electron chi connectivity index (χ2n) is 19.0. The third-order valence-corrected chi connectivity index (χ3v) is 26.4. The number of hydrogen-bond donors (Lipinski definition) is 0. The molecule has 0 N–H and O–H groups in total. The highest BCUT2D eigenvalue weighted by Crippen LogP contribution is 2.45. The largest absolute Gasteiger partial charge is 0.513 e. The van der Waals surface area contributed by atoms with Crippen molar-refractivity contribution >= 4 is 45.6 Å².